The SMILES string of the molecule is OC1CC2=CC=CC=C(CC=C1Cl)C2. The van der Waals surface area contributed by atoms with Crippen LogP contribution in [0.15, 0.2) is 46.6 Å². The maximum atomic E-state index is 9.70. The van der Waals surface area contributed by atoms with Crippen molar-refractivity contribution < 1.29 is 5.11 Å². The molecule has 14 heavy (non-hydrogen) atoms. The number of halogens is 1. The summed E-state index contributed by atoms with van der Waals surface area (Å²) in [6, 6.07) is 0. The summed E-state index contributed by atoms with van der Waals surface area (Å²) in [6.07, 6.45) is 12.1. The quantitative estimate of drug-likeness (QED) is 0.649. The minimum Gasteiger partial charge on any atom is -0.387 e. The van der Waals surface area contributed by atoms with Crippen LogP contribution < -0.4 is 0 Å². The Balaban J connectivity index is 2.31. The molecule has 74 valence electrons. The van der Waals surface area contributed by atoms with Gasteiger partial charge in [-0.05, 0) is 19.3 Å². The molecule has 0 aromatic carbocycles. The molecule has 0 aromatic rings. The van der Waals surface area contributed by atoms with E-state index in [0.29, 0.717) is 11.5 Å². The van der Waals surface area contributed by atoms with Crippen LogP contribution in [-0.4, -0.2) is 11.2 Å². The maximum Gasteiger partial charge on any atom is 0.0929 e. The second kappa shape index (κ2) is 4.16. The molecular formula is C12H13ClO. The van der Waals surface area contributed by atoms with E-state index in [1.165, 1.54) is 11.1 Å². The van der Waals surface area contributed by atoms with E-state index >= 15 is 0 Å². The molecule has 2 rings (SSSR count). The van der Waals surface area contributed by atoms with Crippen molar-refractivity contribution >= 4 is 11.6 Å². The van der Waals surface area contributed by atoms with Crippen molar-refractivity contribution in [1.82, 2.24) is 0 Å². The van der Waals surface area contributed by atoms with Crippen LogP contribution in [0.25, 0.3) is 0 Å². The second-order valence-electron chi connectivity index (χ2n) is 3.72. The molecule has 2 bridgehead atoms. The number of fused-ring (bicyclic) bond motifs is 2. The van der Waals surface area contributed by atoms with Gasteiger partial charge < -0.3 is 5.11 Å². The molecule has 0 spiro atoms. The van der Waals surface area contributed by atoms with Gasteiger partial charge in [0, 0.05) is 5.03 Å². The van der Waals surface area contributed by atoms with Crippen molar-refractivity contribution in [3.05, 3.63) is 46.6 Å². The lowest BCUT2D eigenvalue weighted by atomic mass is 9.95. The molecule has 0 radical (unpaired) electrons. The van der Waals surface area contributed by atoms with Gasteiger partial charge in [-0.25, -0.2) is 0 Å². The molecule has 0 aromatic heterocycles. The van der Waals surface area contributed by atoms with E-state index in [1.807, 2.05) is 18.2 Å². The van der Waals surface area contributed by atoms with E-state index in [9.17, 15) is 5.11 Å². The highest BCUT2D eigenvalue weighted by Crippen LogP contribution is 2.28. The molecule has 1 nitrogen and oxygen atoms in total. The first-order valence-corrected chi connectivity index (χ1v) is 5.21. The minimum atomic E-state index is -0.518. The second-order valence-corrected chi connectivity index (χ2v) is 4.16. The van der Waals surface area contributed by atoms with E-state index in [0.717, 1.165) is 12.8 Å². The highest BCUT2D eigenvalue weighted by molar-refractivity contribution is 6.30. The van der Waals surface area contributed by atoms with Gasteiger partial charge in [0.25, 0.3) is 0 Å². The van der Waals surface area contributed by atoms with Crippen LogP contribution in [0.1, 0.15) is 19.3 Å². The lowest BCUT2D eigenvalue weighted by Gasteiger charge is -2.17. The number of aliphatic hydroxyl groups excluding tert-OH is 1. The molecule has 1 unspecified atom stereocenters. The van der Waals surface area contributed by atoms with Gasteiger partial charge in [0.15, 0.2) is 0 Å². The Morgan fingerprint density at radius 1 is 1.21 bits per heavy atom. The van der Waals surface area contributed by atoms with Crippen LogP contribution in [0, 0.1) is 0 Å². The third kappa shape index (κ3) is 2.17. The number of hydrogen-bond acceptors (Lipinski definition) is 1. The fourth-order valence-electron chi connectivity index (χ4n) is 1.78. The predicted molar refractivity (Wildman–Crippen MR) is 59.1 cm³/mol. The first kappa shape index (κ1) is 9.75. The van der Waals surface area contributed by atoms with Crippen LogP contribution in [-0.2, 0) is 0 Å². The zero-order valence-electron chi connectivity index (χ0n) is 7.91. The normalized spacial score (nSPS) is 26.7. The van der Waals surface area contributed by atoms with E-state index in [-0.39, 0.29) is 0 Å². The van der Waals surface area contributed by atoms with Crippen molar-refractivity contribution in [2.24, 2.45) is 0 Å². The van der Waals surface area contributed by atoms with Gasteiger partial charge in [-0.2, -0.15) is 0 Å². The van der Waals surface area contributed by atoms with Crippen molar-refractivity contribution in [2.45, 2.75) is 25.4 Å². The van der Waals surface area contributed by atoms with Crippen LogP contribution in [0.3, 0.4) is 0 Å². The lowest BCUT2D eigenvalue weighted by molar-refractivity contribution is 0.217. The maximum absolute atomic E-state index is 9.70. The monoisotopic (exact) mass is 208 g/mol. The molecule has 2 aliphatic rings. The van der Waals surface area contributed by atoms with Gasteiger partial charge in [-0.1, -0.05) is 53.1 Å². The van der Waals surface area contributed by atoms with Crippen LogP contribution in [0.4, 0.5) is 0 Å². The van der Waals surface area contributed by atoms with E-state index in [2.05, 4.69) is 12.2 Å². The van der Waals surface area contributed by atoms with Gasteiger partial charge in [-0.15, -0.1) is 0 Å². The molecule has 0 aliphatic heterocycles. The van der Waals surface area contributed by atoms with Crippen molar-refractivity contribution in [3.63, 3.8) is 0 Å². The van der Waals surface area contributed by atoms with Crippen molar-refractivity contribution in [2.75, 3.05) is 0 Å². The molecular weight excluding hydrogens is 196 g/mol. The van der Waals surface area contributed by atoms with Crippen LogP contribution >= 0.6 is 11.6 Å². The number of aliphatic hydroxyl groups is 1. The van der Waals surface area contributed by atoms with Gasteiger partial charge in [0.1, 0.15) is 0 Å². The van der Waals surface area contributed by atoms with E-state index < -0.39 is 6.10 Å². The molecule has 2 heteroatoms. The summed E-state index contributed by atoms with van der Waals surface area (Å²) in [6.45, 7) is 0. The summed E-state index contributed by atoms with van der Waals surface area (Å²) in [5.41, 5.74) is 2.61. The van der Waals surface area contributed by atoms with Gasteiger partial charge in [0.2, 0.25) is 0 Å². The Morgan fingerprint density at radius 2 is 1.93 bits per heavy atom. The Kier molecular flexibility index (Phi) is 2.90. The van der Waals surface area contributed by atoms with Crippen LogP contribution in [0.2, 0.25) is 0 Å². The molecule has 0 saturated carbocycles. The third-order valence-corrected chi connectivity index (χ3v) is 2.97. The summed E-state index contributed by atoms with van der Waals surface area (Å²) in [5.74, 6) is 0. The first-order valence-electron chi connectivity index (χ1n) is 4.83. The topological polar surface area (TPSA) is 20.2 Å². The average Bonchev–Trinajstić information content (AvgIpc) is 2.38. The van der Waals surface area contributed by atoms with Crippen molar-refractivity contribution in [1.29, 1.82) is 0 Å². The largest absolute Gasteiger partial charge is 0.387 e. The summed E-state index contributed by atoms with van der Waals surface area (Å²) in [7, 11) is 0. The molecule has 0 amide bonds. The Bertz CT molecular complexity index is 347. The van der Waals surface area contributed by atoms with E-state index in [4.69, 9.17) is 11.6 Å². The molecule has 1 N–H and O–H groups in total. The molecule has 1 atom stereocenters. The highest BCUT2D eigenvalue weighted by Gasteiger charge is 2.15. The Morgan fingerprint density at radius 3 is 2.71 bits per heavy atom. The van der Waals surface area contributed by atoms with Crippen LogP contribution in [0.5, 0.6) is 0 Å². The third-order valence-electron chi connectivity index (χ3n) is 2.56. The number of rotatable bonds is 0. The van der Waals surface area contributed by atoms with E-state index in [1.54, 1.807) is 0 Å². The molecule has 0 fully saturated rings. The Hall–Kier alpha value is -0.790. The lowest BCUT2D eigenvalue weighted by Crippen LogP contribution is -2.10. The molecule has 0 saturated heterocycles. The average molecular weight is 209 g/mol. The fraction of sp³-hybridized carbons (Fsp3) is 0.333. The fourth-order valence-corrected chi connectivity index (χ4v) is 1.94. The summed E-state index contributed by atoms with van der Waals surface area (Å²) in [4.78, 5) is 0. The minimum absolute atomic E-state index is 0.518. The highest BCUT2D eigenvalue weighted by atomic mass is 35.5. The van der Waals surface area contributed by atoms with Gasteiger partial charge in [-0.3, -0.25) is 0 Å². The number of allylic oxidation sites excluding steroid dienone is 6. The standard InChI is InChI=1S/C12H13ClO/c13-11-6-5-9-3-1-2-4-10(7-9)8-12(11)14/h1-4,6,12,14H,5,7-8H2. The number of hydrogen-bond donors (Lipinski definition) is 1. The summed E-state index contributed by atoms with van der Waals surface area (Å²) >= 11 is 5.95. The van der Waals surface area contributed by atoms with Crippen molar-refractivity contribution in [3.8, 4) is 0 Å². The van der Waals surface area contributed by atoms with Gasteiger partial charge in [0.05, 0.1) is 6.10 Å². The smallest absolute Gasteiger partial charge is 0.0929 e. The Labute approximate surface area is 89.1 Å². The molecule has 2 aliphatic carbocycles. The zero-order chi connectivity index (χ0) is 9.97. The molecule has 0 heterocycles. The predicted octanol–water partition coefficient (Wildman–Crippen LogP) is 3.08. The summed E-state index contributed by atoms with van der Waals surface area (Å²) in [5, 5.41) is 10.3. The van der Waals surface area contributed by atoms with Gasteiger partial charge >= 0.3 is 0 Å². The zero-order valence-corrected chi connectivity index (χ0v) is 8.67. The summed E-state index contributed by atoms with van der Waals surface area (Å²) < 4.78 is 0. The first-order chi connectivity index (χ1) is 6.75.